The predicted molar refractivity (Wildman–Crippen MR) is 158 cm³/mol. The second-order valence-corrected chi connectivity index (χ2v) is 11.2. The Bertz CT molecular complexity index is 1370. The number of nitrogens with zero attached hydrogens (tertiary/aromatic N) is 1. The van der Waals surface area contributed by atoms with Crippen molar-refractivity contribution in [1.82, 2.24) is 10.2 Å². The lowest BCUT2D eigenvalue weighted by atomic mass is 9.72. The van der Waals surface area contributed by atoms with E-state index in [1.807, 2.05) is 6.92 Å². The van der Waals surface area contributed by atoms with E-state index in [1.54, 1.807) is 36.4 Å². The number of halogens is 4. The summed E-state index contributed by atoms with van der Waals surface area (Å²) in [5, 5.41) is 3.12. The van der Waals surface area contributed by atoms with Crippen molar-refractivity contribution in [1.29, 1.82) is 0 Å². The van der Waals surface area contributed by atoms with Crippen LogP contribution in [-0.2, 0) is 21.1 Å². The minimum atomic E-state index is -4.42. The molecule has 1 aliphatic rings. The summed E-state index contributed by atoms with van der Waals surface area (Å²) >= 11 is 0. The van der Waals surface area contributed by atoms with Gasteiger partial charge in [0.05, 0.1) is 19.1 Å². The molecule has 0 aliphatic carbocycles. The average Bonchev–Trinajstić information content (AvgIpc) is 3.01. The van der Waals surface area contributed by atoms with Crippen LogP contribution >= 0.6 is 0 Å². The van der Waals surface area contributed by atoms with Gasteiger partial charge < -0.3 is 15.0 Å². The minimum absolute atomic E-state index is 0.0160. The number of esters is 1. The Morgan fingerprint density at radius 3 is 2.16 bits per heavy atom. The maximum Gasteiger partial charge on any atom is 0.416 e. The van der Waals surface area contributed by atoms with E-state index >= 15 is 0 Å². The van der Waals surface area contributed by atoms with Crippen LogP contribution in [0, 0.1) is 5.82 Å². The van der Waals surface area contributed by atoms with Gasteiger partial charge >= 0.3 is 12.1 Å². The van der Waals surface area contributed by atoms with Crippen molar-refractivity contribution in [3.8, 4) is 11.1 Å². The molecule has 0 radical (unpaired) electrons. The standard InChI is InChI=1S/C34H38F4N2O3/c1-3-33(23-31(41)43-2,25-13-15-27(35)16-14-25)19-6-20-40-21-17-28(18-22-40)39-32(42)30-8-5-4-7-29(30)24-9-11-26(12-10-24)34(36,37)38/h4-5,7-16,28H,3,6,17-23H2,1-2H3,(H,39,42). The Morgan fingerprint density at radius 2 is 1.56 bits per heavy atom. The zero-order valence-electron chi connectivity index (χ0n) is 24.6. The van der Waals surface area contributed by atoms with E-state index < -0.39 is 17.2 Å². The highest BCUT2D eigenvalue weighted by molar-refractivity contribution is 6.01. The minimum Gasteiger partial charge on any atom is -0.469 e. The highest BCUT2D eigenvalue weighted by atomic mass is 19.4. The Hall–Kier alpha value is -3.72. The molecule has 0 aromatic heterocycles. The van der Waals surface area contributed by atoms with Crippen molar-refractivity contribution in [3.05, 3.63) is 95.3 Å². The highest BCUT2D eigenvalue weighted by Gasteiger charge is 2.34. The number of rotatable bonds is 11. The van der Waals surface area contributed by atoms with Crippen LogP contribution in [-0.4, -0.2) is 49.6 Å². The van der Waals surface area contributed by atoms with Crippen LogP contribution in [0.15, 0.2) is 72.8 Å². The van der Waals surface area contributed by atoms with E-state index in [9.17, 15) is 27.2 Å². The average molecular weight is 599 g/mol. The molecule has 1 saturated heterocycles. The molecular formula is C34H38F4N2O3. The largest absolute Gasteiger partial charge is 0.469 e. The molecule has 43 heavy (non-hydrogen) atoms. The number of carbonyl (C=O) groups is 2. The van der Waals surface area contributed by atoms with Crippen molar-refractivity contribution >= 4 is 11.9 Å². The van der Waals surface area contributed by atoms with E-state index in [1.165, 1.54) is 31.4 Å². The molecule has 3 aromatic carbocycles. The Kier molecular flexibility index (Phi) is 10.6. The molecule has 1 amide bonds. The van der Waals surface area contributed by atoms with Gasteiger partial charge in [-0.15, -0.1) is 0 Å². The Balaban J connectivity index is 1.32. The molecular weight excluding hydrogens is 560 g/mol. The second-order valence-electron chi connectivity index (χ2n) is 11.2. The molecule has 1 heterocycles. The number of methoxy groups -OCH3 is 1. The number of ether oxygens (including phenoxy) is 1. The first-order chi connectivity index (χ1) is 20.5. The quantitative estimate of drug-likeness (QED) is 0.185. The van der Waals surface area contributed by atoms with Crippen LogP contribution in [0.2, 0.25) is 0 Å². The Morgan fingerprint density at radius 1 is 0.930 bits per heavy atom. The van der Waals surface area contributed by atoms with Crippen LogP contribution in [0.5, 0.6) is 0 Å². The predicted octanol–water partition coefficient (Wildman–Crippen LogP) is 7.40. The van der Waals surface area contributed by atoms with Gasteiger partial charge in [-0.1, -0.05) is 49.4 Å². The van der Waals surface area contributed by atoms with Gasteiger partial charge in [0.2, 0.25) is 0 Å². The van der Waals surface area contributed by atoms with Gasteiger partial charge in [-0.2, -0.15) is 13.2 Å². The third-order valence-corrected chi connectivity index (χ3v) is 8.59. The van der Waals surface area contributed by atoms with Gasteiger partial charge in [-0.3, -0.25) is 9.59 Å². The lowest BCUT2D eigenvalue weighted by Crippen LogP contribution is -2.45. The van der Waals surface area contributed by atoms with Gasteiger partial charge in [-0.25, -0.2) is 4.39 Å². The van der Waals surface area contributed by atoms with E-state index in [-0.39, 0.29) is 30.2 Å². The molecule has 0 bridgehead atoms. The van der Waals surface area contributed by atoms with Gasteiger partial charge in [0.1, 0.15) is 5.82 Å². The molecule has 1 unspecified atom stereocenters. The van der Waals surface area contributed by atoms with E-state index in [4.69, 9.17) is 4.74 Å². The maximum absolute atomic E-state index is 13.6. The number of carbonyl (C=O) groups excluding carboxylic acids is 2. The van der Waals surface area contributed by atoms with Crippen LogP contribution in [0.25, 0.3) is 11.1 Å². The lowest BCUT2D eigenvalue weighted by Gasteiger charge is -2.35. The number of piperidine rings is 1. The molecule has 9 heteroatoms. The van der Waals surface area contributed by atoms with Crippen LogP contribution in [0.3, 0.4) is 0 Å². The molecule has 5 nitrogen and oxygen atoms in total. The second kappa shape index (κ2) is 14.2. The van der Waals surface area contributed by atoms with Crippen molar-refractivity contribution < 1.29 is 31.9 Å². The molecule has 1 N–H and O–H groups in total. The SMILES string of the molecule is CCC(CCCN1CCC(NC(=O)c2ccccc2-c2ccc(C(F)(F)F)cc2)CC1)(CC(=O)OC)c1ccc(F)cc1. The fourth-order valence-electron chi connectivity index (χ4n) is 5.97. The van der Waals surface area contributed by atoms with E-state index in [2.05, 4.69) is 10.2 Å². The molecule has 0 spiro atoms. The van der Waals surface area contributed by atoms with E-state index in [0.717, 1.165) is 69.4 Å². The first kappa shape index (κ1) is 32.2. The normalized spacial score (nSPS) is 16.0. The van der Waals surface area contributed by atoms with Crippen molar-refractivity contribution in [2.24, 2.45) is 0 Å². The number of benzene rings is 3. The number of hydrogen-bond donors (Lipinski definition) is 1. The number of alkyl halides is 3. The first-order valence-electron chi connectivity index (χ1n) is 14.7. The first-order valence-corrected chi connectivity index (χ1v) is 14.7. The maximum atomic E-state index is 13.6. The molecule has 0 saturated carbocycles. The smallest absolute Gasteiger partial charge is 0.416 e. The summed E-state index contributed by atoms with van der Waals surface area (Å²) in [4.78, 5) is 27.9. The summed E-state index contributed by atoms with van der Waals surface area (Å²) in [6.45, 7) is 4.48. The zero-order valence-corrected chi connectivity index (χ0v) is 24.6. The van der Waals surface area contributed by atoms with E-state index in [0.29, 0.717) is 16.7 Å². The summed E-state index contributed by atoms with van der Waals surface area (Å²) in [5.41, 5.74) is 1.31. The third-order valence-electron chi connectivity index (χ3n) is 8.59. The topological polar surface area (TPSA) is 58.6 Å². The van der Waals surface area contributed by atoms with Crippen LogP contribution in [0.4, 0.5) is 17.6 Å². The Labute approximate surface area is 250 Å². The lowest BCUT2D eigenvalue weighted by molar-refractivity contribution is -0.142. The molecule has 4 rings (SSSR count). The summed E-state index contributed by atoms with van der Waals surface area (Å²) in [7, 11) is 1.38. The van der Waals surface area contributed by atoms with Gasteiger partial charge in [-0.05, 0) is 85.7 Å². The number of likely N-dealkylation sites (tertiary alicyclic amines) is 1. The summed E-state index contributed by atoms with van der Waals surface area (Å²) in [6, 6.07) is 18.1. The molecule has 230 valence electrons. The van der Waals surface area contributed by atoms with Crippen molar-refractivity contribution in [2.45, 2.75) is 63.1 Å². The third kappa shape index (κ3) is 8.22. The number of amides is 1. The monoisotopic (exact) mass is 598 g/mol. The van der Waals surface area contributed by atoms with Crippen molar-refractivity contribution in [2.75, 3.05) is 26.7 Å². The van der Waals surface area contributed by atoms with Crippen LogP contribution < -0.4 is 5.32 Å². The number of hydrogen-bond acceptors (Lipinski definition) is 4. The summed E-state index contributed by atoms with van der Waals surface area (Å²) in [6.07, 6.45) is -0.333. The van der Waals surface area contributed by atoms with Gasteiger partial charge in [0.25, 0.3) is 5.91 Å². The fraction of sp³-hybridized carbons (Fsp3) is 0.412. The fourth-order valence-corrected chi connectivity index (χ4v) is 5.97. The van der Waals surface area contributed by atoms with Crippen LogP contribution in [0.1, 0.15) is 66.9 Å². The summed E-state index contributed by atoms with van der Waals surface area (Å²) < 4.78 is 57.6. The number of nitrogens with one attached hydrogen (secondary N) is 1. The van der Waals surface area contributed by atoms with Gasteiger partial charge in [0, 0.05) is 30.1 Å². The van der Waals surface area contributed by atoms with Gasteiger partial charge in [0.15, 0.2) is 0 Å². The highest BCUT2D eigenvalue weighted by Crippen LogP contribution is 2.37. The molecule has 1 fully saturated rings. The molecule has 1 atom stereocenters. The van der Waals surface area contributed by atoms with Crippen molar-refractivity contribution in [3.63, 3.8) is 0 Å². The zero-order chi connectivity index (χ0) is 31.0. The summed E-state index contributed by atoms with van der Waals surface area (Å²) in [5.74, 6) is -0.851. The molecule has 1 aliphatic heterocycles. The molecule has 3 aromatic rings.